The third-order valence-corrected chi connectivity index (χ3v) is 5.78. The minimum Gasteiger partial charge on any atom is -0.477 e. The summed E-state index contributed by atoms with van der Waals surface area (Å²) in [6.45, 7) is 4.08. The highest BCUT2D eigenvalue weighted by molar-refractivity contribution is 14.0. The van der Waals surface area contributed by atoms with Crippen molar-refractivity contribution in [2.24, 2.45) is 16.3 Å². The largest absolute Gasteiger partial charge is 0.477 e. The molecule has 1 aliphatic carbocycles. The molecule has 0 aromatic carbocycles. The molecule has 2 N–H and O–H groups in total. The van der Waals surface area contributed by atoms with Crippen molar-refractivity contribution in [1.29, 1.82) is 0 Å². The molecule has 1 aromatic rings. The lowest BCUT2D eigenvalue weighted by atomic mass is 9.79. The minimum absolute atomic E-state index is 0. The molecule has 1 saturated carbocycles. The molecule has 1 aromatic heterocycles. The molecule has 1 spiro atoms. The third-order valence-electron chi connectivity index (χ3n) is 5.78. The number of pyridine rings is 1. The van der Waals surface area contributed by atoms with Crippen LogP contribution in [0.5, 0.6) is 5.88 Å². The van der Waals surface area contributed by atoms with Gasteiger partial charge in [-0.2, -0.15) is 0 Å². The Hall–Kier alpha value is -1.58. The van der Waals surface area contributed by atoms with Gasteiger partial charge in [-0.1, -0.05) is 6.07 Å². The number of aromatic nitrogens is 1. The summed E-state index contributed by atoms with van der Waals surface area (Å²) in [5.41, 5.74) is 1.16. The van der Waals surface area contributed by atoms with Gasteiger partial charge in [0.25, 0.3) is 0 Å². The van der Waals surface area contributed by atoms with E-state index in [1.165, 1.54) is 12.8 Å². The molecule has 1 atom stereocenters. The topological polar surface area (TPSA) is 78.9 Å². The molecule has 2 aliphatic heterocycles. The molecular formula is C20H30IN5O2. The van der Waals surface area contributed by atoms with Crippen molar-refractivity contribution in [3.8, 4) is 5.88 Å². The average molecular weight is 499 g/mol. The zero-order valence-electron chi connectivity index (χ0n) is 16.4. The number of nitrogens with zero attached hydrogens (tertiary/aromatic N) is 3. The summed E-state index contributed by atoms with van der Waals surface area (Å²) in [4.78, 5) is 22.8. The van der Waals surface area contributed by atoms with E-state index in [0.29, 0.717) is 18.8 Å². The van der Waals surface area contributed by atoms with E-state index >= 15 is 0 Å². The van der Waals surface area contributed by atoms with Crippen LogP contribution >= 0.6 is 24.0 Å². The van der Waals surface area contributed by atoms with Gasteiger partial charge in [-0.15, -0.1) is 24.0 Å². The molecule has 2 saturated heterocycles. The Bertz CT molecular complexity index is 707. The number of amides is 1. The number of likely N-dealkylation sites (tertiary alicyclic amines) is 1. The predicted molar refractivity (Wildman–Crippen MR) is 119 cm³/mol. The number of guanidine groups is 1. The molecule has 7 nitrogen and oxygen atoms in total. The third kappa shape index (κ3) is 5.27. The molecule has 1 unspecified atom stereocenters. The Morgan fingerprint density at radius 1 is 1.46 bits per heavy atom. The van der Waals surface area contributed by atoms with Gasteiger partial charge in [0.05, 0.1) is 6.61 Å². The zero-order chi connectivity index (χ0) is 18.7. The van der Waals surface area contributed by atoms with Gasteiger partial charge in [-0.3, -0.25) is 9.79 Å². The highest BCUT2D eigenvalue weighted by atomic mass is 127. The SMILES string of the molecule is CN=C(NCc1ccc(OCC2CC2)nc1)N1CCCC2(CNC(=O)C2)C1.I. The number of aliphatic imine (C=N–C) groups is 1. The van der Waals surface area contributed by atoms with Gasteiger partial charge in [-0.05, 0) is 37.2 Å². The van der Waals surface area contributed by atoms with Crippen molar-refractivity contribution in [2.75, 3.05) is 33.3 Å². The van der Waals surface area contributed by atoms with Gasteiger partial charge in [0, 0.05) is 57.3 Å². The normalized spacial score (nSPS) is 24.7. The van der Waals surface area contributed by atoms with Crippen LogP contribution in [-0.4, -0.2) is 55.0 Å². The van der Waals surface area contributed by atoms with E-state index in [1.54, 1.807) is 0 Å². The van der Waals surface area contributed by atoms with E-state index in [1.807, 2.05) is 25.4 Å². The number of nitrogens with one attached hydrogen (secondary N) is 2. The fourth-order valence-electron chi connectivity index (χ4n) is 4.03. The van der Waals surface area contributed by atoms with Crippen molar-refractivity contribution in [1.82, 2.24) is 20.5 Å². The first-order valence-corrected chi connectivity index (χ1v) is 9.96. The number of hydrogen-bond donors (Lipinski definition) is 2. The van der Waals surface area contributed by atoms with E-state index in [2.05, 4.69) is 25.5 Å². The summed E-state index contributed by atoms with van der Waals surface area (Å²) in [6.07, 6.45) is 7.24. The highest BCUT2D eigenvalue weighted by Crippen LogP contribution is 2.36. The van der Waals surface area contributed by atoms with Crippen LogP contribution in [0.15, 0.2) is 23.3 Å². The highest BCUT2D eigenvalue weighted by Gasteiger charge is 2.42. The Morgan fingerprint density at radius 3 is 2.96 bits per heavy atom. The summed E-state index contributed by atoms with van der Waals surface area (Å²) in [6, 6.07) is 3.99. The fraction of sp³-hybridized carbons (Fsp3) is 0.650. The molecule has 3 aliphatic rings. The molecular weight excluding hydrogens is 469 g/mol. The van der Waals surface area contributed by atoms with Crippen LogP contribution in [-0.2, 0) is 11.3 Å². The van der Waals surface area contributed by atoms with Crippen molar-refractivity contribution < 1.29 is 9.53 Å². The zero-order valence-corrected chi connectivity index (χ0v) is 18.8. The van der Waals surface area contributed by atoms with Crippen LogP contribution in [0.25, 0.3) is 0 Å². The summed E-state index contributed by atoms with van der Waals surface area (Å²) in [7, 11) is 1.81. The summed E-state index contributed by atoms with van der Waals surface area (Å²) < 4.78 is 5.69. The predicted octanol–water partition coefficient (Wildman–Crippen LogP) is 2.17. The van der Waals surface area contributed by atoms with Crippen LogP contribution < -0.4 is 15.4 Å². The number of halogens is 1. The maximum atomic E-state index is 11.7. The van der Waals surface area contributed by atoms with Crippen LogP contribution in [0.1, 0.15) is 37.7 Å². The minimum atomic E-state index is 0. The number of carbonyl (C=O) groups excluding carboxylic acids is 1. The lowest BCUT2D eigenvalue weighted by molar-refractivity contribution is -0.119. The van der Waals surface area contributed by atoms with Gasteiger partial charge in [0.2, 0.25) is 11.8 Å². The van der Waals surface area contributed by atoms with Crippen LogP contribution in [0, 0.1) is 11.3 Å². The van der Waals surface area contributed by atoms with Crippen molar-refractivity contribution >= 4 is 35.8 Å². The van der Waals surface area contributed by atoms with Gasteiger partial charge in [-0.25, -0.2) is 4.98 Å². The quantitative estimate of drug-likeness (QED) is 0.369. The summed E-state index contributed by atoms with van der Waals surface area (Å²) in [5.74, 6) is 2.50. The van der Waals surface area contributed by atoms with Crippen molar-refractivity contribution in [2.45, 2.75) is 38.6 Å². The molecule has 28 heavy (non-hydrogen) atoms. The maximum absolute atomic E-state index is 11.7. The molecule has 0 radical (unpaired) electrons. The van der Waals surface area contributed by atoms with Crippen molar-refractivity contribution in [3.05, 3.63) is 23.9 Å². The van der Waals surface area contributed by atoms with Gasteiger partial charge in [0.1, 0.15) is 0 Å². The van der Waals surface area contributed by atoms with Gasteiger partial charge >= 0.3 is 0 Å². The molecule has 3 fully saturated rings. The summed E-state index contributed by atoms with van der Waals surface area (Å²) >= 11 is 0. The van der Waals surface area contributed by atoms with Gasteiger partial charge in [0.15, 0.2) is 5.96 Å². The number of rotatable bonds is 5. The van der Waals surface area contributed by atoms with E-state index in [4.69, 9.17) is 4.74 Å². The molecule has 0 bridgehead atoms. The van der Waals surface area contributed by atoms with E-state index in [9.17, 15) is 4.79 Å². The maximum Gasteiger partial charge on any atom is 0.220 e. The molecule has 4 rings (SSSR count). The van der Waals surface area contributed by atoms with E-state index in [0.717, 1.165) is 56.5 Å². The Morgan fingerprint density at radius 2 is 2.32 bits per heavy atom. The Kier molecular flexibility index (Phi) is 7.00. The number of hydrogen-bond acceptors (Lipinski definition) is 4. The standard InChI is InChI=1S/C20H29N5O2.HI/c1-21-19(25-8-2-7-20(14-25)9-17(26)24-13-20)23-11-16-5-6-18(22-10-16)27-12-15-3-4-15;/h5-6,10,15H,2-4,7-9,11-14H2,1H3,(H,21,23)(H,24,26);1H. The second-order valence-electron chi connectivity index (χ2n) is 8.14. The molecule has 154 valence electrons. The lowest BCUT2D eigenvalue weighted by Crippen LogP contribution is -2.51. The second kappa shape index (κ2) is 9.28. The average Bonchev–Trinajstić information content (AvgIpc) is 3.45. The van der Waals surface area contributed by atoms with Crippen LogP contribution in [0.3, 0.4) is 0 Å². The summed E-state index contributed by atoms with van der Waals surface area (Å²) in [5, 5.41) is 6.44. The fourth-order valence-corrected chi connectivity index (χ4v) is 4.03. The number of ether oxygens (including phenoxy) is 1. The number of carbonyl (C=O) groups is 1. The first-order valence-electron chi connectivity index (χ1n) is 9.96. The van der Waals surface area contributed by atoms with Gasteiger partial charge < -0.3 is 20.3 Å². The molecule has 3 heterocycles. The van der Waals surface area contributed by atoms with E-state index in [-0.39, 0.29) is 35.3 Å². The van der Waals surface area contributed by atoms with Crippen molar-refractivity contribution in [3.63, 3.8) is 0 Å². The smallest absolute Gasteiger partial charge is 0.220 e. The first-order chi connectivity index (χ1) is 13.2. The molecule has 1 amide bonds. The Balaban J connectivity index is 0.00000225. The molecule has 8 heteroatoms. The first kappa shape index (κ1) is 21.1. The van der Waals surface area contributed by atoms with Crippen LogP contribution in [0.4, 0.5) is 0 Å². The monoisotopic (exact) mass is 499 g/mol. The lowest BCUT2D eigenvalue weighted by Gasteiger charge is -2.40. The Labute approximate surface area is 183 Å². The van der Waals surface area contributed by atoms with Crippen LogP contribution in [0.2, 0.25) is 0 Å². The van der Waals surface area contributed by atoms with E-state index < -0.39 is 0 Å². The number of piperidine rings is 1. The second-order valence-corrected chi connectivity index (χ2v) is 8.14.